The molecule has 4 nitrogen and oxygen atoms in total. The highest BCUT2D eigenvalue weighted by atomic mass is 19.4. The molecule has 0 aliphatic heterocycles. The van der Waals surface area contributed by atoms with Gasteiger partial charge in [0.2, 0.25) is 0 Å². The fourth-order valence-corrected chi connectivity index (χ4v) is 2.84. The number of alkyl halides is 3. The second-order valence-corrected chi connectivity index (χ2v) is 6.58. The quantitative estimate of drug-likeness (QED) is 0.470. The minimum Gasteiger partial charge on any atom is -0.345 e. The second-order valence-electron chi connectivity index (χ2n) is 6.58. The highest BCUT2D eigenvalue weighted by Crippen LogP contribution is 2.29. The summed E-state index contributed by atoms with van der Waals surface area (Å²) < 4.78 is 40.6. The van der Waals surface area contributed by atoms with Gasteiger partial charge in [0, 0.05) is 31.5 Å². The third kappa shape index (κ3) is 6.18. The molecule has 0 bridgehead atoms. The molecule has 0 aliphatic rings. The van der Waals surface area contributed by atoms with Gasteiger partial charge in [-0.05, 0) is 36.2 Å². The molecule has 1 aromatic heterocycles. The normalized spacial score (nSPS) is 11.3. The fraction of sp³-hybridized carbons (Fsp3) is 0.381. The van der Waals surface area contributed by atoms with Crippen LogP contribution < -0.4 is 5.32 Å². The van der Waals surface area contributed by atoms with Crippen LogP contribution in [0.4, 0.5) is 18.0 Å². The molecule has 2 aromatic rings. The highest BCUT2D eigenvalue weighted by Gasteiger charge is 2.30. The number of carbonyl (C=O) groups is 1. The van der Waals surface area contributed by atoms with Crippen molar-refractivity contribution in [3.8, 4) is 0 Å². The van der Waals surface area contributed by atoms with Crippen LogP contribution in [0.3, 0.4) is 0 Å². The van der Waals surface area contributed by atoms with Gasteiger partial charge in [0.1, 0.15) is 0 Å². The van der Waals surface area contributed by atoms with Gasteiger partial charge in [0.25, 0.3) is 0 Å². The Morgan fingerprint density at radius 1 is 1.29 bits per heavy atom. The van der Waals surface area contributed by atoms with Crippen molar-refractivity contribution in [3.63, 3.8) is 0 Å². The van der Waals surface area contributed by atoms with Crippen molar-refractivity contribution in [2.45, 2.75) is 39.0 Å². The van der Waals surface area contributed by atoms with Crippen LogP contribution in [0.5, 0.6) is 0 Å². The van der Waals surface area contributed by atoms with E-state index in [-0.39, 0.29) is 6.03 Å². The van der Waals surface area contributed by atoms with Gasteiger partial charge in [-0.1, -0.05) is 31.6 Å². The van der Waals surface area contributed by atoms with E-state index in [4.69, 9.17) is 0 Å². The number of nitrogens with one attached hydrogen (secondary N) is 1. The van der Waals surface area contributed by atoms with Gasteiger partial charge in [0.15, 0.2) is 0 Å². The van der Waals surface area contributed by atoms with E-state index in [0.717, 1.165) is 30.7 Å². The molecule has 0 spiro atoms. The number of urea groups is 1. The number of hydrogen-bond donors (Lipinski definition) is 1. The molecule has 0 fully saturated rings. The maximum absolute atomic E-state index is 12.9. The lowest BCUT2D eigenvalue weighted by atomic mass is 10.1. The zero-order valence-electron chi connectivity index (χ0n) is 16.0. The van der Waals surface area contributed by atoms with Gasteiger partial charge < -0.3 is 14.8 Å². The summed E-state index contributed by atoms with van der Waals surface area (Å²) in [7, 11) is 0. The second kappa shape index (κ2) is 10.0. The van der Waals surface area contributed by atoms with E-state index >= 15 is 0 Å². The molecular weight excluding hydrogens is 367 g/mol. The first-order valence-electron chi connectivity index (χ1n) is 9.29. The number of rotatable bonds is 9. The lowest BCUT2D eigenvalue weighted by Gasteiger charge is -2.23. The van der Waals surface area contributed by atoms with E-state index in [2.05, 4.69) is 11.9 Å². The number of nitrogens with zero attached hydrogens (tertiary/aromatic N) is 2. The van der Waals surface area contributed by atoms with Crippen LogP contribution in [0.2, 0.25) is 0 Å². The Bertz CT molecular complexity index is 783. The largest absolute Gasteiger partial charge is 0.416 e. The first kappa shape index (κ1) is 21.6. The summed E-state index contributed by atoms with van der Waals surface area (Å²) in [5, 5.41) is 2.88. The SMILES string of the molecule is C=CCN(Cc1cccn1Cc1cccc(C(F)(F)F)c1)C(=O)NCCCC. The monoisotopic (exact) mass is 393 g/mol. The van der Waals surface area contributed by atoms with E-state index in [9.17, 15) is 18.0 Å². The Morgan fingerprint density at radius 3 is 2.75 bits per heavy atom. The molecule has 2 rings (SSSR count). The minimum absolute atomic E-state index is 0.180. The van der Waals surface area contributed by atoms with Crippen molar-refractivity contribution in [1.82, 2.24) is 14.8 Å². The van der Waals surface area contributed by atoms with E-state index in [0.29, 0.717) is 31.7 Å². The molecule has 1 aromatic carbocycles. The lowest BCUT2D eigenvalue weighted by molar-refractivity contribution is -0.137. The van der Waals surface area contributed by atoms with Crippen LogP contribution >= 0.6 is 0 Å². The zero-order chi connectivity index (χ0) is 20.6. The summed E-state index contributed by atoms with van der Waals surface area (Å²) >= 11 is 0. The average Bonchev–Trinajstić information content (AvgIpc) is 3.07. The number of hydrogen-bond acceptors (Lipinski definition) is 1. The predicted molar refractivity (Wildman–Crippen MR) is 104 cm³/mol. The summed E-state index contributed by atoms with van der Waals surface area (Å²) in [4.78, 5) is 14.0. The van der Waals surface area contributed by atoms with Gasteiger partial charge in [-0.2, -0.15) is 13.2 Å². The van der Waals surface area contributed by atoms with Crippen LogP contribution in [0.15, 0.2) is 55.3 Å². The average molecular weight is 393 g/mol. The van der Waals surface area contributed by atoms with E-state index in [1.807, 2.05) is 23.6 Å². The Kier molecular flexibility index (Phi) is 7.72. The zero-order valence-corrected chi connectivity index (χ0v) is 16.0. The van der Waals surface area contributed by atoms with Crippen molar-refractivity contribution in [1.29, 1.82) is 0 Å². The summed E-state index contributed by atoms with van der Waals surface area (Å²) in [6.07, 6.45) is 0.976. The van der Waals surface area contributed by atoms with E-state index in [1.54, 1.807) is 23.2 Å². The molecule has 2 amide bonds. The maximum atomic E-state index is 12.9. The third-order valence-electron chi connectivity index (χ3n) is 4.33. The van der Waals surface area contributed by atoms with E-state index in [1.165, 1.54) is 6.07 Å². The number of unbranched alkanes of at least 4 members (excludes halogenated alkanes) is 1. The summed E-state index contributed by atoms with van der Waals surface area (Å²) in [6, 6.07) is 8.80. The number of benzene rings is 1. The summed E-state index contributed by atoms with van der Waals surface area (Å²) in [5.41, 5.74) is 0.724. The molecule has 0 saturated carbocycles. The summed E-state index contributed by atoms with van der Waals surface area (Å²) in [6.45, 7) is 7.37. The van der Waals surface area contributed by atoms with Crippen molar-refractivity contribution in [2.24, 2.45) is 0 Å². The molecule has 0 unspecified atom stereocenters. The van der Waals surface area contributed by atoms with Crippen LogP contribution in [0.25, 0.3) is 0 Å². The number of aromatic nitrogens is 1. The van der Waals surface area contributed by atoms with Gasteiger partial charge in [0.05, 0.1) is 12.1 Å². The minimum atomic E-state index is -4.37. The molecule has 0 radical (unpaired) electrons. The van der Waals surface area contributed by atoms with Crippen LogP contribution in [0, 0.1) is 0 Å². The van der Waals surface area contributed by atoms with Gasteiger partial charge in [-0.25, -0.2) is 4.79 Å². The molecule has 0 atom stereocenters. The van der Waals surface area contributed by atoms with Crippen molar-refractivity contribution >= 4 is 6.03 Å². The Labute approximate surface area is 163 Å². The molecule has 152 valence electrons. The molecule has 1 heterocycles. The maximum Gasteiger partial charge on any atom is 0.416 e. The molecule has 1 N–H and O–H groups in total. The van der Waals surface area contributed by atoms with Crippen molar-refractivity contribution < 1.29 is 18.0 Å². The third-order valence-corrected chi connectivity index (χ3v) is 4.33. The standard InChI is InChI=1S/C21H26F3N3O/c1-3-5-11-25-20(28)27(12-4-2)16-19-10-7-13-26(19)15-17-8-6-9-18(14-17)21(22,23)24/h4,6-10,13-14H,2-3,5,11-12,15-16H2,1H3,(H,25,28). The Morgan fingerprint density at radius 2 is 2.07 bits per heavy atom. The van der Waals surface area contributed by atoms with Gasteiger partial charge in [-0.3, -0.25) is 0 Å². The highest BCUT2D eigenvalue weighted by molar-refractivity contribution is 5.74. The van der Waals surface area contributed by atoms with Gasteiger partial charge >= 0.3 is 12.2 Å². The molecule has 28 heavy (non-hydrogen) atoms. The Hall–Kier alpha value is -2.70. The lowest BCUT2D eigenvalue weighted by Crippen LogP contribution is -2.40. The number of halogens is 3. The van der Waals surface area contributed by atoms with Crippen LogP contribution in [-0.4, -0.2) is 28.6 Å². The van der Waals surface area contributed by atoms with Crippen molar-refractivity contribution in [2.75, 3.05) is 13.1 Å². The van der Waals surface area contributed by atoms with Crippen LogP contribution in [0.1, 0.15) is 36.6 Å². The number of carbonyl (C=O) groups excluding carboxylic acids is 1. The fourth-order valence-electron chi connectivity index (χ4n) is 2.84. The topological polar surface area (TPSA) is 37.3 Å². The number of amides is 2. The molecule has 7 heteroatoms. The molecule has 0 aliphatic carbocycles. The van der Waals surface area contributed by atoms with Crippen LogP contribution in [-0.2, 0) is 19.3 Å². The van der Waals surface area contributed by atoms with E-state index < -0.39 is 11.7 Å². The summed E-state index contributed by atoms with van der Waals surface area (Å²) in [5.74, 6) is 0. The molecular formula is C21H26F3N3O. The predicted octanol–water partition coefficient (Wildman–Crippen LogP) is 5.05. The van der Waals surface area contributed by atoms with Gasteiger partial charge in [-0.15, -0.1) is 6.58 Å². The van der Waals surface area contributed by atoms with Crippen molar-refractivity contribution in [3.05, 3.63) is 72.1 Å². The first-order chi connectivity index (χ1) is 13.3. The molecule has 0 saturated heterocycles. The smallest absolute Gasteiger partial charge is 0.345 e. The first-order valence-corrected chi connectivity index (χ1v) is 9.29. The Balaban J connectivity index is 2.11.